The lowest BCUT2D eigenvalue weighted by Crippen LogP contribution is -2.30. The zero-order valence-corrected chi connectivity index (χ0v) is 9.80. The van der Waals surface area contributed by atoms with Crippen molar-refractivity contribution in [2.24, 2.45) is 17.8 Å². The van der Waals surface area contributed by atoms with E-state index in [1.165, 1.54) is 38.5 Å². The molecule has 0 aromatic heterocycles. The van der Waals surface area contributed by atoms with Crippen LogP contribution in [0.5, 0.6) is 0 Å². The molecule has 14 heavy (non-hydrogen) atoms. The Bertz CT molecular complexity index is 159. The Balaban J connectivity index is 1.88. The van der Waals surface area contributed by atoms with Gasteiger partial charge in [0.2, 0.25) is 0 Å². The normalized spacial score (nSPS) is 37.9. The second-order valence-electron chi connectivity index (χ2n) is 5.54. The highest BCUT2D eigenvalue weighted by Crippen LogP contribution is 2.45. The van der Waals surface area contributed by atoms with E-state index in [1.807, 2.05) is 0 Å². The highest BCUT2D eigenvalue weighted by Gasteiger charge is 2.33. The summed E-state index contributed by atoms with van der Waals surface area (Å²) in [5, 5.41) is 0. The molecule has 0 aliphatic heterocycles. The molecule has 0 spiro atoms. The second kappa shape index (κ2) is 5.19. The van der Waals surface area contributed by atoms with Gasteiger partial charge in [-0.15, -0.1) is 0 Å². The maximum Gasteiger partial charge on any atom is -0.0357 e. The molecular weight excluding hydrogens is 168 g/mol. The summed E-state index contributed by atoms with van der Waals surface area (Å²) in [7, 11) is 0. The van der Waals surface area contributed by atoms with Crippen LogP contribution in [0.4, 0.5) is 0 Å². The Morgan fingerprint density at radius 3 is 2.57 bits per heavy atom. The maximum absolute atomic E-state index is 2.33. The number of hydrogen-bond donors (Lipinski definition) is 0. The first-order chi connectivity index (χ1) is 6.92. The molecule has 2 aliphatic carbocycles. The first kappa shape index (κ1) is 10.5. The lowest BCUT2D eigenvalue weighted by Gasteiger charge is -2.41. The standard InChI is InChI=1S/C14H26/c1-2-3-7-12-9-6-10-13-8-4-5-11-14(12)13/h12-14H,2-11H2,1H3/t12-,13-,14-/m1/s1. The molecule has 2 aliphatic rings. The SMILES string of the molecule is CCCC[C@@H]1CCC[C@H]2CCCC[C@H]12. The fourth-order valence-electron chi connectivity index (χ4n) is 3.90. The molecule has 0 amide bonds. The predicted molar refractivity (Wildman–Crippen MR) is 62.3 cm³/mol. The summed E-state index contributed by atoms with van der Waals surface area (Å²) >= 11 is 0. The average Bonchev–Trinajstić information content (AvgIpc) is 2.26. The summed E-state index contributed by atoms with van der Waals surface area (Å²) in [5.41, 5.74) is 0. The van der Waals surface area contributed by atoms with Crippen molar-refractivity contribution >= 4 is 0 Å². The van der Waals surface area contributed by atoms with Crippen molar-refractivity contribution in [3.8, 4) is 0 Å². The highest BCUT2D eigenvalue weighted by atomic mass is 14.4. The number of rotatable bonds is 3. The minimum atomic E-state index is 1.12. The van der Waals surface area contributed by atoms with Crippen LogP contribution in [0, 0.1) is 17.8 Å². The first-order valence-electron chi connectivity index (χ1n) is 6.92. The third-order valence-electron chi connectivity index (χ3n) is 4.65. The van der Waals surface area contributed by atoms with Gasteiger partial charge in [-0.2, -0.15) is 0 Å². The molecule has 0 heteroatoms. The molecular formula is C14H26. The number of fused-ring (bicyclic) bond motifs is 1. The topological polar surface area (TPSA) is 0 Å². The van der Waals surface area contributed by atoms with Crippen molar-refractivity contribution in [1.29, 1.82) is 0 Å². The van der Waals surface area contributed by atoms with Gasteiger partial charge in [-0.25, -0.2) is 0 Å². The van der Waals surface area contributed by atoms with Crippen molar-refractivity contribution in [3.63, 3.8) is 0 Å². The summed E-state index contributed by atoms with van der Waals surface area (Å²) in [6.45, 7) is 2.33. The Morgan fingerprint density at radius 1 is 0.929 bits per heavy atom. The monoisotopic (exact) mass is 194 g/mol. The molecule has 0 aromatic carbocycles. The van der Waals surface area contributed by atoms with Crippen LogP contribution < -0.4 is 0 Å². The van der Waals surface area contributed by atoms with Gasteiger partial charge < -0.3 is 0 Å². The van der Waals surface area contributed by atoms with E-state index in [9.17, 15) is 0 Å². The first-order valence-corrected chi connectivity index (χ1v) is 6.92. The molecule has 0 nitrogen and oxygen atoms in total. The predicted octanol–water partition coefficient (Wildman–Crippen LogP) is 4.78. The summed E-state index contributed by atoms with van der Waals surface area (Å²) in [5.74, 6) is 3.40. The van der Waals surface area contributed by atoms with Gasteiger partial charge in [0, 0.05) is 0 Å². The van der Waals surface area contributed by atoms with Crippen LogP contribution in [0.2, 0.25) is 0 Å². The zero-order chi connectivity index (χ0) is 9.80. The van der Waals surface area contributed by atoms with Crippen molar-refractivity contribution in [3.05, 3.63) is 0 Å². The molecule has 0 unspecified atom stereocenters. The Labute approximate surface area is 89.5 Å². The number of unbranched alkanes of at least 4 members (excludes halogenated alkanes) is 1. The van der Waals surface area contributed by atoms with Crippen molar-refractivity contribution in [2.75, 3.05) is 0 Å². The minimum Gasteiger partial charge on any atom is -0.0654 e. The van der Waals surface area contributed by atoms with E-state index in [1.54, 1.807) is 25.7 Å². The van der Waals surface area contributed by atoms with Crippen LogP contribution in [0.15, 0.2) is 0 Å². The third-order valence-corrected chi connectivity index (χ3v) is 4.65. The van der Waals surface area contributed by atoms with Crippen molar-refractivity contribution < 1.29 is 0 Å². The van der Waals surface area contributed by atoms with Crippen molar-refractivity contribution in [2.45, 2.75) is 71.1 Å². The van der Waals surface area contributed by atoms with E-state index in [-0.39, 0.29) is 0 Å². The maximum atomic E-state index is 2.33. The Hall–Kier alpha value is 0. The van der Waals surface area contributed by atoms with Crippen LogP contribution in [-0.2, 0) is 0 Å². The molecule has 2 saturated carbocycles. The fraction of sp³-hybridized carbons (Fsp3) is 1.00. The number of hydrogen-bond acceptors (Lipinski definition) is 0. The second-order valence-corrected chi connectivity index (χ2v) is 5.54. The lowest BCUT2D eigenvalue weighted by molar-refractivity contribution is 0.0965. The molecule has 0 N–H and O–H groups in total. The molecule has 3 atom stereocenters. The summed E-state index contributed by atoms with van der Waals surface area (Å²) in [6, 6.07) is 0. The average molecular weight is 194 g/mol. The Kier molecular flexibility index (Phi) is 3.89. The highest BCUT2D eigenvalue weighted by molar-refractivity contribution is 4.84. The molecule has 0 aromatic rings. The summed E-state index contributed by atoms with van der Waals surface area (Å²) in [6.07, 6.45) is 15.3. The van der Waals surface area contributed by atoms with Crippen LogP contribution in [0.1, 0.15) is 71.1 Å². The van der Waals surface area contributed by atoms with Gasteiger partial charge >= 0.3 is 0 Å². The summed E-state index contributed by atoms with van der Waals surface area (Å²) < 4.78 is 0. The van der Waals surface area contributed by atoms with Crippen LogP contribution >= 0.6 is 0 Å². The molecule has 0 heterocycles. The van der Waals surface area contributed by atoms with Crippen LogP contribution in [-0.4, -0.2) is 0 Å². The van der Waals surface area contributed by atoms with Gasteiger partial charge in [0.05, 0.1) is 0 Å². The van der Waals surface area contributed by atoms with Crippen LogP contribution in [0.3, 0.4) is 0 Å². The van der Waals surface area contributed by atoms with E-state index < -0.39 is 0 Å². The van der Waals surface area contributed by atoms with Gasteiger partial charge in [0.15, 0.2) is 0 Å². The smallest absolute Gasteiger partial charge is 0.0357 e. The van der Waals surface area contributed by atoms with Crippen LogP contribution in [0.25, 0.3) is 0 Å². The van der Waals surface area contributed by atoms with Gasteiger partial charge in [-0.05, 0) is 24.2 Å². The molecule has 0 radical (unpaired) electrons. The largest absolute Gasteiger partial charge is 0.0654 e. The quantitative estimate of drug-likeness (QED) is 0.606. The van der Waals surface area contributed by atoms with Crippen molar-refractivity contribution in [1.82, 2.24) is 0 Å². The third kappa shape index (κ3) is 2.32. The molecule has 2 fully saturated rings. The van der Waals surface area contributed by atoms with Gasteiger partial charge in [0.1, 0.15) is 0 Å². The lowest BCUT2D eigenvalue weighted by atomic mass is 9.64. The van der Waals surface area contributed by atoms with Gasteiger partial charge in [0.25, 0.3) is 0 Å². The molecule has 0 saturated heterocycles. The van der Waals surface area contributed by atoms with Gasteiger partial charge in [-0.3, -0.25) is 0 Å². The van der Waals surface area contributed by atoms with E-state index in [0.717, 1.165) is 17.8 Å². The van der Waals surface area contributed by atoms with Gasteiger partial charge in [-0.1, -0.05) is 64.7 Å². The van der Waals surface area contributed by atoms with E-state index in [4.69, 9.17) is 0 Å². The minimum absolute atomic E-state index is 1.12. The molecule has 82 valence electrons. The fourth-order valence-corrected chi connectivity index (χ4v) is 3.90. The summed E-state index contributed by atoms with van der Waals surface area (Å²) in [4.78, 5) is 0. The molecule has 2 rings (SSSR count). The zero-order valence-electron chi connectivity index (χ0n) is 9.80. The van der Waals surface area contributed by atoms with E-state index in [0.29, 0.717) is 0 Å². The molecule has 0 bridgehead atoms. The van der Waals surface area contributed by atoms with E-state index in [2.05, 4.69) is 6.92 Å². The van der Waals surface area contributed by atoms with E-state index >= 15 is 0 Å². The Morgan fingerprint density at radius 2 is 1.71 bits per heavy atom.